The van der Waals surface area contributed by atoms with Crippen LogP contribution in [-0.4, -0.2) is 13.8 Å². The van der Waals surface area contributed by atoms with Crippen LogP contribution >= 0.6 is 0 Å². The fourth-order valence-electron chi connectivity index (χ4n) is 1.50. The van der Waals surface area contributed by atoms with Gasteiger partial charge in [-0.25, -0.2) is 0 Å². The number of hydrogen-bond acceptors (Lipinski definition) is 1. The zero-order valence-corrected chi connectivity index (χ0v) is 11.2. The Morgan fingerprint density at radius 3 is 2.12 bits per heavy atom. The van der Waals surface area contributed by atoms with Crippen LogP contribution in [0, 0.1) is 0 Å². The van der Waals surface area contributed by atoms with Crippen molar-refractivity contribution in [3.63, 3.8) is 0 Å². The van der Waals surface area contributed by atoms with Crippen molar-refractivity contribution in [3.05, 3.63) is 72.3 Å². The van der Waals surface area contributed by atoms with Gasteiger partial charge in [0.05, 0.1) is 0 Å². The molecule has 86 valence electrons. The molecular formula is C15H14OSe. The van der Waals surface area contributed by atoms with Gasteiger partial charge in [-0.3, -0.25) is 0 Å². The van der Waals surface area contributed by atoms with Crippen molar-refractivity contribution >= 4 is 24.4 Å². The van der Waals surface area contributed by atoms with E-state index in [-0.39, 0.29) is 0 Å². The van der Waals surface area contributed by atoms with Gasteiger partial charge in [-0.05, 0) is 0 Å². The molecule has 2 rings (SSSR count). The number of hydrogen-bond donors (Lipinski definition) is 0. The first kappa shape index (κ1) is 12.0. The standard InChI is InChI=1S/C15H14OSe/c16-17(15-11-5-2-6-12-15)13-7-10-14-8-3-1-4-9-14/h1-12H,13H2/b10-7-. The second kappa shape index (κ2) is 6.29. The Balaban J connectivity index is 1.95. The molecule has 0 bridgehead atoms. The van der Waals surface area contributed by atoms with E-state index < -0.39 is 13.8 Å². The summed E-state index contributed by atoms with van der Waals surface area (Å²) in [6.45, 7) is 0. The first-order chi connectivity index (χ1) is 8.36. The second-order valence-corrected chi connectivity index (χ2v) is 6.78. The van der Waals surface area contributed by atoms with Crippen molar-refractivity contribution in [3.8, 4) is 0 Å². The first-order valence-electron chi connectivity index (χ1n) is 5.51. The third-order valence-electron chi connectivity index (χ3n) is 2.36. The van der Waals surface area contributed by atoms with Crippen LogP contribution in [0.15, 0.2) is 66.7 Å². The van der Waals surface area contributed by atoms with E-state index in [4.69, 9.17) is 0 Å². The predicted octanol–water partition coefficient (Wildman–Crippen LogP) is 3.03. The summed E-state index contributed by atoms with van der Waals surface area (Å²) in [4.78, 5) is 0. The van der Waals surface area contributed by atoms with Crippen molar-refractivity contribution in [1.82, 2.24) is 0 Å². The van der Waals surface area contributed by atoms with Gasteiger partial charge in [0.2, 0.25) is 0 Å². The SMILES string of the molecule is O=[Se](C/C=C\c1ccccc1)c1ccccc1. The molecule has 0 fully saturated rings. The first-order valence-corrected chi connectivity index (χ1v) is 8.28. The summed E-state index contributed by atoms with van der Waals surface area (Å²) in [6.07, 6.45) is 4.03. The Morgan fingerprint density at radius 2 is 1.47 bits per heavy atom. The van der Waals surface area contributed by atoms with Crippen LogP contribution in [-0.2, 0) is 3.83 Å². The fraction of sp³-hybridized carbons (Fsp3) is 0.0667. The van der Waals surface area contributed by atoms with E-state index in [1.165, 1.54) is 0 Å². The molecule has 2 aromatic carbocycles. The van der Waals surface area contributed by atoms with E-state index in [2.05, 4.69) is 0 Å². The maximum absolute atomic E-state index is 12.0. The van der Waals surface area contributed by atoms with E-state index >= 15 is 0 Å². The molecule has 17 heavy (non-hydrogen) atoms. The Morgan fingerprint density at radius 1 is 0.882 bits per heavy atom. The van der Waals surface area contributed by atoms with E-state index in [0.29, 0.717) is 5.32 Å². The summed E-state index contributed by atoms with van der Waals surface area (Å²) >= 11 is -1.90. The molecule has 1 atom stereocenters. The van der Waals surface area contributed by atoms with Crippen LogP contribution in [0.3, 0.4) is 0 Å². The minimum atomic E-state index is -1.90. The Labute approximate surface area is 106 Å². The summed E-state index contributed by atoms with van der Waals surface area (Å²) in [6, 6.07) is 19.8. The molecule has 1 unspecified atom stereocenters. The molecule has 2 heteroatoms. The quantitative estimate of drug-likeness (QED) is 0.791. The van der Waals surface area contributed by atoms with Gasteiger partial charge in [0.25, 0.3) is 0 Å². The average Bonchev–Trinajstić information content (AvgIpc) is 2.41. The summed E-state index contributed by atoms with van der Waals surface area (Å²) < 4.78 is 13.0. The van der Waals surface area contributed by atoms with E-state index in [0.717, 1.165) is 10.0 Å². The molecule has 0 amide bonds. The van der Waals surface area contributed by atoms with Gasteiger partial charge >= 0.3 is 106 Å². The van der Waals surface area contributed by atoms with Crippen LogP contribution in [0.25, 0.3) is 6.08 Å². The van der Waals surface area contributed by atoms with E-state index in [1.807, 2.05) is 72.8 Å². The molecule has 0 radical (unpaired) electrons. The summed E-state index contributed by atoms with van der Waals surface area (Å²) in [7, 11) is 0. The monoisotopic (exact) mass is 290 g/mol. The van der Waals surface area contributed by atoms with Crippen molar-refractivity contribution in [2.24, 2.45) is 0 Å². The molecule has 0 saturated carbocycles. The Kier molecular flexibility index (Phi) is 4.43. The van der Waals surface area contributed by atoms with Gasteiger partial charge in [-0.1, -0.05) is 0 Å². The molecule has 0 aromatic heterocycles. The molecule has 1 nitrogen and oxygen atoms in total. The molecule has 0 N–H and O–H groups in total. The summed E-state index contributed by atoms with van der Waals surface area (Å²) in [5.74, 6) is 0. The molecule has 0 aliphatic heterocycles. The third kappa shape index (κ3) is 3.77. The van der Waals surface area contributed by atoms with Crippen LogP contribution in [0.4, 0.5) is 0 Å². The topological polar surface area (TPSA) is 17.1 Å². The van der Waals surface area contributed by atoms with Crippen LogP contribution < -0.4 is 4.46 Å². The minimum absolute atomic E-state index is 0.652. The van der Waals surface area contributed by atoms with Crippen molar-refractivity contribution in [1.29, 1.82) is 0 Å². The molecular weight excluding hydrogens is 275 g/mol. The van der Waals surface area contributed by atoms with Crippen LogP contribution in [0.5, 0.6) is 0 Å². The van der Waals surface area contributed by atoms with Crippen LogP contribution in [0.1, 0.15) is 5.56 Å². The molecule has 0 aliphatic carbocycles. The predicted molar refractivity (Wildman–Crippen MR) is 72.8 cm³/mol. The normalized spacial score (nSPS) is 12.7. The zero-order valence-electron chi connectivity index (χ0n) is 9.45. The molecule has 0 spiro atoms. The molecule has 0 saturated heterocycles. The average molecular weight is 289 g/mol. The van der Waals surface area contributed by atoms with Crippen LogP contribution in [0.2, 0.25) is 5.32 Å². The zero-order chi connectivity index (χ0) is 11.9. The fourth-order valence-corrected chi connectivity index (χ4v) is 3.44. The van der Waals surface area contributed by atoms with E-state index in [1.54, 1.807) is 0 Å². The van der Waals surface area contributed by atoms with Gasteiger partial charge in [-0.2, -0.15) is 0 Å². The van der Waals surface area contributed by atoms with Gasteiger partial charge in [-0.15, -0.1) is 0 Å². The molecule has 0 aliphatic rings. The van der Waals surface area contributed by atoms with Gasteiger partial charge in [0.15, 0.2) is 0 Å². The van der Waals surface area contributed by atoms with Crippen molar-refractivity contribution in [2.75, 3.05) is 0 Å². The second-order valence-electron chi connectivity index (χ2n) is 3.64. The number of benzene rings is 2. The maximum atomic E-state index is 12.0. The number of allylic oxidation sites excluding steroid dienone is 1. The van der Waals surface area contributed by atoms with Gasteiger partial charge in [0, 0.05) is 0 Å². The molecule has 2 aromatic rings. The van der Waals surface area contributed by atoms with Crippen molar-refractivity contribution in [2.45, 2.75) is 5.32 Å². The summed E-state index contributed by atoms with van der Waals surface area (Å²) in [5, 5.41) is 0.652. The molecule has 0 heterocycles. The van der Waals surface area contributed by atoms with Crippen molar-refractivity contribution < 1.29 is 3.83 Å². The Bertz CT molecular complexity index is 503. The summed E-state index contributed by atoms with van der Waals surface area (Å²) in [5.41, 5.74) is 1.15. The van der Waals surface area contributed by atoms with Gasteiger partial charge in [0.1, 0.15) is 0 Å². The number of rotatable bonds is 4. The van der Waals surface area contributed by atoms with Gasteiger partial charge < -0.3 is 0 Å². The van der Waals surface area contributed by atoms with E-state index in [9.17, 15) is 3.83 Å². The third-order valence-corrected chi connectivity index (χ3v) is 5.08. The Hall–Kier alpha value is -1.50.